The molecule has 0 saturated heterocycles. The van der Waals surface area contributed by atoms with E-state index in [1.165, 1.54) is 32.1 Å². The maximum Gasteiger partial charge on any atom is 0.107 e. The van der Waals surface area contributed by atoms with E-state index in [1.54, 1.807) is 0 Å². The summed E-state index contributed by atoms with van der Waals surface area (Å²) in [5, 5.41) is 32.7. The smallest absolute Gasteiger partial charge is 0.107 e. The Labute approximate surface area is 117 Å². The monoisotopic (exact) mass is 273 g/mol. The summed E-state index contributed by atoms with van der Waals surface area (Å²) in [6.45, 7) is 5.01. The van der Waals surface area contributed by atoms with Gasteiger partial charge in [-0.2, -0.15) is 0 Å². The third-order valence-corrected chi connectivity index (χ3v) is 4.26. The van der Waals surface area contributed by atoms with Crippen LogP contribution in [0.1, 0.15) is 58.8 Å². The molecule has 0 bridgehead atoms. The van der Waals surface area contributed by atoms with E-state index in [9.17, 15) is 15.3 Å². The fraction of sp³-hybridized carbons (Fsp3) is 1.00. The lowest BCUT2D eigenvalue weighted by Gasteiger charge is -2.39. The number of hydrogen-bond donors (Lipinski definition) is 4. The highest BCUT2D eigenvalue weighted by atomic mass is 16.4. The molecule has 0 aromatic carbocycles. The highest BCUT2D eigenvalue weighted by Gasteiger charge is 2.40. The summed E-state index contributed by atoms with van der Waals surface area (Å²) in [5.74, 6) is 0.0282. The maximum atomic E-state index is 9.93. The van der Waals surface area contributed by atoms with Gasteiger partial charge in [0.2, 0.25) is 0 Å². The van der Waals surface area contributed by atoms with Crippen molar-refractivity contribution in [2.24, 2.45) is 5.92 Å². The Hall–Kier alpha value is -0.160. The SMILES string of the molecule is CCCCCCCCN[C@H]1C[C@@H](C)[C@@H](O)[C@@H](O)[C@@H]1O. The third kappa shape index (κ3) is 5.38. The van der Waals surface area contributed by atoms with Gasteiger partial charge >= 0.3 is 0 Å². The Morgan fingerprint density at radius 3 is 2.21 bits per heavy atom. The number of hydrogen-bond acceptors (Lipinski definition) is 4. The van der Waals surface area contributed by atoms with E-state index in [4.69, 9.17) is 0 Å². The van der Waals surface area contributed by atoms with E-state index in [0.29, 0.717) is 0 Å². The van der Waals surface area contributed by atoms with Gasteiger partial charge in [-0.05, 0) is 25.3 Å². The zero-order valence-corrected chi connectivity index (χ0v) is 12.4. The second-order valence-electron chi connectivity index (χ2n) is 6.01. The van der Waals surface area contributed by atoms with Crippen LogP contribution in [0.2, 0.25) is 0 Å². The predicted octanol–water partition coefficient (Wildman–Crippen LogP) is 1.43. The molecule has 0 unspecified atom stereocenters. The van der Waals surface area contributed by atoms with Gasteiger partial charge in [0.15, 0.2) is 0 Å². The van der Waals surface area contributed by atoms with Crippen molar-refractivity contribution in [2.45, 2.75) is 83.1 Å². The first-order valence-electron chi connectivity index (χ1n) is 7.85. The summed E-state index contributed by atoms with van der Waals surface area (Å²) < 4.78 is 0. The minimum Gasteiger partial charge on any atom is -0.390 e. The summed E-state index contributed by atoms with van der Waals surface area (Å²) in [5.41, 5.74) is 0. The normalized spacial score (nSPS) is 35.5. The molecule has 114 valence electrons. The summed E-state index contributed by atoms with van der Waals surface area (Å²) in [6.07, 6.45) is 5.54. The maximum absolute atomic E-state index is 9.93. The van der Waals surface area contributed by atoms with Crippen LogP contribution >= 0.6 is 0 Å². The van der Waals surface area contributed by atoms with Gasteiger partial charge in [0, 0.05) is 6.04 Å². The zero-order chi connectivity index (χ0) is 14.3. The largest absolute Gasteiger partial charge is 0.390 e. The molecule has 4 heteroatoms. The van der Waals surface area contributed by atoms with Gasteiger partial charge in [-0.1, -0.05) is 46.0 Å². The second-order valence-corrected chi connectivity index (χ2v) is 6.01. The Morgan fingerprint density at radius 1 is 0.895 bits per heavy atom. The van der Waals surface area contributed by atoms with Gasteiger partial charge in [0.25, 0.3) is 0 Å². The van der Waals surface area contributed by atoms with Crippen molar-refractivity contribution < 1.29 is 15.3 Å². The molecule has 0 aromatic heterocycles. The van der Waals surface area contributed by atoms with Gasteiger partial charge in [0.05, 0.1) is 12.2 Å². The molecule has 19 heavy (non-hydrogen) atoms. The van der Waals surface area contributed by atoms with Crippen molar-refractivity contribution in [1.82, 2.24) is 5.32 Å². The quantitative estimate of drug-likeness (QED) is 0.505. The average molecular weight is 273 g/mol. The lowest BCUT2D eigenvalue weighted by molar-refractivity contribution is -0.119. The molecule has 4 N–H and O–H groups in total. The number of aliphatic hydroxyl groups is 3. The molecular weight excluding hydrogens is 242 g/mol. The molecule has 0 aliphatic heterocycles. The first-order valence-corrected chi connectivity index (χ1v) is 7.85. The zero-order valence-electron chi connectivity index (χ0n) is 12.4. The number of nitrogens with one attached hydrogen (secondary N) is 1. The van der Waals surface area contributed by atoms with Crippen LogP contribution in [0.4, 0.5) is 0 Å². The molecule has 1 rings (SSSR count). The summed E-state index contributed by atoms with van der Waals surface area (Å²) >= 11 is 0. The average Bonchev–Trinajstić information content (AvgIpc) is 2.41. The second kappa shape index (κ2) is 8.90. The van der Waals surface area contributed by atoms with E-state index in [2.05, 4.69) is 12.2 Å². The van der Waals surface area contributed by atoms with Gasteiger partial charge in [-0.25, -0.2) is 0 Å². The molecule has 1 aliphatic rings. The van der Waals surface area contributed by atoms with Crippen LogP contribution in [0, 0.1) is 5.92 Å². The summed E-state index contributed by atoms with van der Waals surface area (Å²) in [6, 6.07) is -0.0935. The van der Waals surface area contributed by atoms with Crippen LogP contribution in [-0.2, 0) is 0 Å². The Bertz CT molecular complexity index is 237. The molecule has 5 atom stereocenters. The highest BCUT2D eigenvalue weighted by Crippen LogP contribution is 2.25. The first kappa shape index (κ1) is 16.9. The molecular formula is C15H31NO3. The van der Waals surface area contributed by atoms with Crippen molar-refractivity contribution in [3.8, 4) is 0 Å². The van der Waals surface area contributed by atoms with Crippen LogP contribution in [0.5, 0.6) is 0 Å². The molecule has 0 aromatic rings. The topological polar surface area (TPSA) is 72.7 Å². The third-order valence-electron chi connectivity index (χ3n) is 4.26. The van der Waals surface area contributed by atoms with Crippen LogP contribution in [-0.4, -0.2) is 46.2 Å². The lowest BCUT2D eigenvalue weighted by atomic mass is 9.80. The lowest BCUT2D eigenvalue weighted by Crippen LogP contribution is -2.57. The van der Waals surface area contributed by atoms with Crippen molar-refractivity contribution in [3.63, 3.8) is 0 Å². The Morgan fingerprint density at radius 2 is 1.53 bits per heavy atom. The van der Waals surface area contributed by atoms with E-state index >= 15 is 0 Å². The molecule has 0 amide bonds. The van der Waals surface area contributed by atoms with Gasteiger partial charge in [-0.3, -0.25) is 0 Å². The Balaban J connectivity index is 2.15. The van der Waals surface area contributed by atoms with Gasteiger partial charge in [-0.15, -0.1) is 0 Å². The minimum absolute atomic E-state index is 0.0282. The van der Waals surface area contributed by atoms with Crippen LogP contribution in [0.3, 0.4) is 0 Å². The number of rotatable bonds is 8. The standard InChI is InChI=1S/C15H31NO3/c1-3-4-5-6-7-8-9-16-12-10-11(2)13(17)15(19)14(12)18/h11-19H,3-10H2,1-2H3/t11-,12+,13-,14-,15-/m1/s1. The van der Waals surface area contributed by atoms with Gasteiger partial charge in [0.1, 0.15) is 6.10 Å². The summed E-state index contributed by atoms with van der Waals surface area (Å²) in [4.78, 5) is 0. The van der Waals surface area contributed by atoms with Gasteiger partial charge < -0.3 is 20.6 Å². The van der Waals surface area contributed by atoms with Crippen molar-refractivity contribution >= 4 is 0 Å². The first-order chi connectivity index (χ1) is 9.07. The summed E-state index contributed by atoms with van der Waals surface area (Å²) in [7, 11) is 0. The Kier molecular flexibility index (Phi) is 7.91. The molecule has 1 aliphatic carbocycles. The van der Waals surface area contributed by atoms with E-state index in [-0.39, 0.29) is 12.0 Å². The van der Waals surface area contributed by atoms with E-state index in [0.717, 1.165) is 19.4 Å². The van der Waals surface area contributed by atoms with E-state index in [1.807, 2.05) is 6.92 Å². The molecule has 0 heterocycles. The van der Waals surface area contributed by atoms with Crippen LogP contribution in [0.15, 0.2) is 0 Å². The molecule has 1 fully saturated rings. The van der Waals surface area contributed by atoms with Crippen molar-refractivity contribution in [3.05, 3.63) is 0 Å². The minimum atomic E-state index is -1.02. The van der Waals surface area contributed by atoms with Crippen LogP contribution < -0.4 is 5.32 Å². The highest BCUT2D eigenvalue weighted by molar-refractivity contribution is 4.94. The number of unbranched alkanes of at least 4 members (excludes halogenated alkanes) is 5. The number of aliphatic hydroxyl groups excluding tert-OH is 3. The molecule has 0 radical (unpaired) electrons. The van der Waals surface area contributed by atoms with Crippen molar-refractivity contribution in [1.29, 1.82) is 0 Å². The van der Waals surface area contributed by atoms with Crippen LogP contribution in [0.25, 0.3) is 0 Å². The molecule has 0 spiro atoms. The molecule has 4 nitrogen and oxygen atoms in total. The van der Waals surface area contributed by atoms with Crippen molar-refractivity contribution in [2.75, 3.05) is 6.54 Å². The van der Waals surface area contributed by atoms with E-state index < -0.39 is 18.3 Å². The fourth-order valence-electron chi connectivity index (χ4n) is 2.85. The fourth-order valence-corrected chi connectivity index (χ4v) is 2.85. The molecule has 1 saturated carbocycles. The predicted molar refractivity (Wildman–Crippen MR) is 77.0 cm³/mol.